The average Bonchev–Trinajstić information content (AvgIpc) is 3.86. The second-order valence-corrected chi connectivity index (χ2v) is 14.7. The topological polar surface area (TPSA) is 60.9 Å². The number of hydrogen-bond acceptors (Lipinski definition) is 4. The van der Waals surface area contributed by atoms with Crippen LogP contribution in [0.15, 0.2) is 194 Å². The summed E-state index contributed by atoms with van der Waals surface area (Å²) in [7, 11) is 0. The van der Waals surface area contributed by atoms with E-state index < -0.39 is 0 Å². The van der Waals surface area contributed by atoms with Crippen LogP contribution in [0.25, 0.3) is 111 Å². The monoisotopic (exact) mass is 740 g/mol. The summed E-state index contributed by atoms with van der Waals surface area (Å²) in [6.45, 7) is 0. The third kappa shape index (κ3) is 4.98. The van der Waals surface area contributed by atoms with E-state index in [4.69, 9.17) is 19.9 Å². The van der Waals surface area contributed by atoms with Crippen molar-refractivity contribution in [1.82, 2.24) is 28.9 Å². The Labute approximate surface area is 333 Å². The van der Waals surface area contributed by atoms with Crippen molar-refractivity contribution in [3.05, 3.63) is 194 Å². The highest BCUT2D eigenvalue weighted by Gasteiger charge is 2.21. The second kappa shape index (κ2) is 12.8. The van der Waals surface area contributed by atoms with Gasteiger partial charge in [0, 0.05) is 43.9 Å². The quantitative estimate of drug-likeness (QED) is 0.165. The minimum atomic E-state index is 0.640. The van der Waals surface area contributed by atoms with Crippen LogP contribution < -0.4 is 0 Å². The Morgan fingerprint density at radius 1 is 0.310 bits per heavy atom. The van der Waals surface area contributed by atoms with Crippen LogP contribution >= 0.6 is 0 Å². The fourth-order valence-corrected chi connectivity index (χ4v) is 8.67. The number of rotatable bonds is 5. The highest BCUT2D eigenvalue weighted by Crippen LogP contribution is 2.41. The molecule has 0 saturated carbocycles. The van der Waals surface area contributed by atoms with Crippen LogP contribution in [0.2, 0.25) is 0 Å². The van der Waals surface area contributed by atoms with Crippen molar-refractivity contribution in [3.63, 3.8) is 0 Å². The van der Waals surface area contributed by atoms with Gasteiger partial charge in [-0.05, 0) is 52.9 Å². The molecule has 0 aliphatic rings. The predicted molar refractivity (Wildman–Crippen MR) is 237 cm³/mol. The number of para-hydroxylation sites is 3. The number of fused-ring (bicyclic) bond motifs is 12. The summed E-state index contributed by atoms with van der Waals surface area (Å²) in [5, 5.41) is 5.99. The molecule has 12 rings (SSSR count). The molecule has 0 saturated heterocycles. The maximum absolute atomic E-state index is 5.14. The molecule has 58 heavy (non-hydrogen) atoms. The molecule has 0 N–H and O–H groups in total. The largest absolute Gasteiger partial charge is 0.309 e. The van der Waals surface area contributed by atoms with Gasteiger partial charge in [-0.2, -0.15) is 0 Å². The minimum Gasteiger partial charge on any atom is -0.309 e. The van der Waals surface area contributed by atoms with Crippen LogP contribution in [0.1, 0.15) is 0 Å². The molecule has 0 atom stereocenters. The van der Waals surface area contributed by atoms with Crippen molar-refractivity contribution in [2.24, 2.45) is 0 Å². The van der Waals surface area contributed by atoms with Gasteiger partial charge >= 0.3 is 0 Å². The lowest BCUT2D eigenvalue weighted by molar-refractivity contribution is 1.07. The number of hydrogen-bond donors (Lipinski definition) is 0. The fraction of sp³-hybridized carbons (Fsp3) is 0. The van der Waals surface area contributed by atoms with Gasteiger partial charge in [0.05, 0.1) is 27.6 Å². The molecule has 6 nitrogen and oxygen atoms in total. The van der Waals surface area contributed by atoms with E-state index in [0.29, 0.717) is 17.5 Å². The molecular weight excluding hydrogens is 709 g/mol. The van der Waals surface area contributed by atoms with Gasteiger partial charge < -0.3 is 4.57 Å². The van der Waals surface area contributed by atoms with Crippen molar-refractivity contribution in [3.8, 4) is 51.0 Å². The second-order valence-electron chi connectivity index (χ2n) is 14.7. The maximum atomic E-state index is 5.14. The van der Waals surface area contributed by atoms with E-state index in [0.717, 1.165) is 61.1 Å². The SMILES string of the molecule is c1ccc(-c2nc(-c3ccccc3)nc(-c3ccc(-c4ccc(-n5c6ccccc6c6ccc7c(c8ccccc8c8nc9ccccc9n78)c65)cc4)cc3)n2)cc1. The highest BCUT2D eigenvalue weighted by atomic mass is 15.0. The number of benzene rings is 8. The van der Waals surface area contributed by atoms with Gasteiger partial charge in [-0.3, -0.25) is 4.40 Å². The zero-order valence-corrected chi connectivity index (χ0v) is 31.2. The molecular formula is C52H32N6. The van der Waals surface area contributed by atoms with E-state index in [-0.39, 0.29) is 0 Å². The van der Waals surface area contributed by atoms with Gasteiger partial charge in [-0.1, -0.05) is 158 Å². The normalized spacial score (nSPS) is 11.8. The van der Waals surface area contributed by atoms with E-state index in [1.54, 1.807) is 0 Å². The Morgan fingerprint density at radius 2 is 0.810 bits per heavy atom. The lowest BCUT2D eigenvalue weighted by Crippen LogP contribution is -2.00. The van der Waals surface area contributed by atoms with Crippen LogP contribution in [-0.2, 0) is 0 Å². The van der Waals surface area contributed by atoms with E-state index in [9.17, 15) is 0 Å². The summed E-state index contributed by atoms with van der Waals surface area (Å²) >= 11 is 0. The van der Waals surface area contributed by atoms with Gasteiger partial charge in [0.1, 0.15) is 5.65 Å². The summed E-state index contributed by atoms with van der Waals surface area (Å²) in [4.78, 5) is 19.9. The molecule has 0 fully saturated rings. The first-order chi connectivity index (χ1) is 28.8. The molecule has 0 aliphatic heterocycles. The predicted octanol–water partition coefficient (Wildman–Crippen LogP) is 12.7. The zero-order chi connectivity index (χ0) is 38.2. The molecule has 0 radical (unpaired) electrons. The first-order valence-corrected chi connectivity index (χ1v) is 19.5. The standard InChI is InChI=1S/C52H32N6/c1-3-13-35(14-4-1)49-54-50(36-15-5-2-6-16-36)56-51(55-49)37-25-23-33(24-26-37)34-27-29-38(30-28-34)57-44-21-11-9-17-39(44)41-31-32-46-47(48(41)57)40-18-7-8-19-42(40)52-53-43-20-10-12-22-45(43)58(46)52/h1-32H. The highest BCUT2D eigenvalue weighted by molar-refractivity contribution is 6.27. The number of imidazole rings is 1. The van der Waals surface area contributed by atoms with E-state index in [1.165, 1.54) is 32.6 Å². The van der Waals surface area contributed by atoms with Crippen molar-refractivity contribution >= 4 is 60.2 Å². The molecule has 4 aromatic heterocycles. The van der Waals surface area contributed by atoms with Crippen molar-refractivity contribution < 1.29 is 0 Å². The Bertz CT molecular complexity index is 3470. The van der Waals surface area contributed by atoms with Crippen LogP contribution in [0.4, 0.5) is 0 Å². The smallest absolute Gasteiger partial charge is 0.164 e. The molecule has 8 aromatic carbocycles. The zero-order valence-electron chi connectivity index (χ0n) is 31.2. The van der Waals surface area contributed by atoms with E-state index in [1.807, 2.05) is 60.7 Å². The van der Waals surface area contributed by atoms with Gasteiger partial charge in [0.2, 0.25) is 0 Å². The fourth-order valence-electron chi connectivity index (χ4n) is 8.67. The molecule has 12 aromatic rings. The van der Waals surface area contributed by atoms with Crippen molar-refractivity contribution in [2.45, 2.75) is 0 Å². The third-order valence-electron chi connectivity index (χ3n) is 11.4. The molecule has 270 valence electrons. The van der Waals surface area contributed by atoms with E-state index in [2.05, 4.69) is 142 Å². The van der Waals surface area contributed by atoms with Gasteiger partial charge in [-0.15, -0.1) is 0 Å². The summed E-state index contributed by atoms with van der Waals surface area (Å²) < 4.78 is 4.77. The summed E-state index contributed by atoms with van der Waals surface area (Å²) in [5.41, 5.74) is 12.8. The average molecular weight is 741 g/mol. The third-order valence-corrected chi connectivity index (χ3v) is 11.4. The molecule has 0 bridgehead atoms. The summed E-state index contributed by atoms with van der Waals surface area (Å²) in [6, 6.07) is 68.0. The van der Waals surface area contributed by atoms with Gasteiger partial charge in [0.15, 0.2) is 17.5 Å². The first-order valence-electron chi connectivity index (χ1n) is 19.5. The van der Waals surface area contributed by atoms with Gasteiger partial charge in [-0.25, -0.2) is 19.9 Å². The lowest BCUT2D eigenvalue weighted by atomic mass is 10.0. The molecule has 6 heteroatoms. The molecule has 4 heterocycles. The molecule has 0 unspecified atom stereocenters. The summed E-state index contributed by atoms with van der Waals surface area (Å²) in [6.07, 6.45) is 0. The van der Waals surface area contributed by atoms with Crippen LogP contribution in [-0.4, -0.2) is 28.9 Å². The summed E-state index contributed by atoms with van der Waals surface area (Å²) in [5.74, 6) is 1.94. The van der Waals surface area contributed by atoms with Crippen LogP contribution in [0.3, 0.4) is 0 Å². The van der Waals surface area contributed by atoms with Gasteiger partial charge in [0.25, 0.3) is 0 Å². The first kappa shape index (κ1) is 32.3. The number of nitrogens with zero attached hydrogens (tertiary/aromatic N) is 6. The molecule has 0 aliphatic carbocycles. The van der Waals surface area contributed by atoms with Crippen LogP contribution in [0.5, 0.6) is 0 Å². The number of aromatic nitrogens is 6. The van der Waals surface area contributed by atoms with Crippen LogP contribution in [0, 0.1) is 0 Å². The lowest BCUT2D eigenvalue weighted by Gasteiger charge is -2.14. The Hall–Kier alpha value is -7.96. The maximum Gasteiger partial charge on any atom is 0.164 e. The Balaban J connectivity index is 0.990. The minimum absolute atomic E-state index is 0.640. The molecule has 0 amide bonds. The Kier molecular flexibility index (Phi) is 7.13. The van der Waals surface area contributed by atoms with Crippen molar-refractivity contribution in [1.29, 1.82) is 0 Å². The molecule has 0 spiro atoms. The van der Waals surface area contributed by atoms with Crippen molar-refractivity contribution in [2.75, 3.05) is 0 Å². The van der Waals surface area contributed by atoms with E-state index >= 15 is 0 Å². The number of pyridine rings is 1. The Morgan fingerprint density at radius 3 is 1.47 bits per heavy atom.